The van der Waals surface area contributed by atoms with Crippen molar-refractivity contribution in [2.24, 2.45) is 0 Å². The number of alkyl halides is 3. The van der Waals surface area contributed by atoms with Crippen molar-refractivity contribution in [3.63, 3.8) is 0 Å². The van der Waals surface area contributed by atoms with Crippen molar-refractivity contribution >= 4 is 27.6 Å². The summed E-state index contributed by atoms with van der Waals surface area (Å²) in [6.07, 6.45) is -5.87. The molecule has 0 aliphatic carbocycles. The van der Waals surface area contributed by atoms with Gasteiger partial charge in [0.2, 0.25) is 0 Å². The smallest absolute Gasteiger partial charge is 0.418 e. The molecule has 0 spiro atoms. The van der Waals surface area contributed by atoms with Gasteiger partial charge in [-0.15, -0.1) is 0 Å². The second-order valence-electron chi connectivity index (χ2n) is 8.13. The molecule has 31 heavy (non-hydrogen) atoms. The third-order valence-corrected chi connectivity index (χ3v) is 6.24. The minimum atomic E-state index is -5.03. The minimum Gasteiger partial charge on any atom is -0.508 e. The average Bonchev–Trinajstić information content (AvgIpc) is 3.03. The summed E-state index contributed by atoms with van der Waals surface area (Å²) >= 11 is 3.26. The Bertz CT molecular complexity index is 1030. The molecule has 1 heterocycles. The normalized spacial score (nSPS) is 15.9. The highest BCUT2D eigenvalue weighted by molar-refractivity contribution is 9.10. The molecule has 0 radical (unpaired) electrons. The Labute approximate surface area is 184 Å². The number of cyclic esters (lactones) is 1. The van der Waals surface area contributed by atoms with E-state index in [1.165, 1.54) is 26.0 Å². The van der Waals surface area contributed by atoms with E-state index in [-0.39, 0.29) is 23.6 Å². The van der Waals surface area contributed by atoms with Crippen LogP contribution in [-0.4, -0.2) is 34.5 Å². The number of phenolic OH excluding ortho intramolecular Hbond substituents is 1. The zero-order valence-corrected chi connectivity index (χ0v) is 18.2. The zero-order valence-electron chi connectivity index (χ0n) is 16.6. The number of carbonyl (C=O) groups is 1. The molecule has 1 unspecified atom stereocenters. The van der Waals surface area contributed by atoms with E-state index in [2.05, 4.69) is 21.2 Å². The Morgan fingerprint density at radius 1 is 1.19 bits per heavy atom. The van der Waals surface area contributed by atoms with Crippen molar-refractivity contribution in [2.75, 3.05) is 11.9 Å². The number of benzene rings is 2. The molecule has 0 fully saturated rings. The van der Waals surface area contributed by atoms with E-state index in [0.717, 1.165) is 18.2 Å². The molecule has 10 heteroatoms. The number of phenols is 1. The average molecular weight is 506 g/mol. The molecule has 0 saturated heterocycles. The van der Waals surface area contributed by atoms with Gasteiger partial charge in [-0.25, -0.2) is 9.18 Å². The summed E-state index contributed by atoms with van der Waals surface area (Å²) in [4.78, 5) is 11.6. The first-order chi connectivity index (χ1) is 14.2. The van der Waals surface area contributed by atoms with Crippen molar-refractivity contribution < 1.29 is 37.3 Å². The number of anilines is 1. The quantitative estimate of drug-likeness (QED) is 0.378. The first-order valence-corrected chi connectivity index (χ1v) is 10.0. The van der Waals surface area contributed by atoms with Gasteiger partial charge in [0.1, 0.15) is 18.2 Å². The summed E-state index contributed by atoms with van der Waals surface area (Å²) in [7, 11) is 0. The molecular weight excluding hydrogens is 486 g/mol. The first kappa shape index (κ1) is 23.3. The lowest BCUT2D eigenvalue weighted by Gasteiger charge is -2.38. The monoisotopic (exact) mass is 505 g/mol. The van der Waals surface area contributed by atoms with Crippen LogP contribution < -0.4 is 5.32 Å². The van der Waals surface area contributed by atoms with E-state index < -0.39 is 41.9 Å². The predicted octanol–water partition coefficient (Wildman–Crippen LogP) is 5.04. The van der Waals surface area contributed by atoms with Crippen LogP contribution in [0.4, 0.5) is 23.2 Å². The second kappa shape index (κ2) is 7.98. The fraction of sp³-hybridized carbons (Fsp3) is 0.381. The maximum absolute atomic E-state index is 13.9. The molecule has 168 valence electrons. The van der Waals surface area contributed by atoms with Crippen LogP contribution >= 0.6 is 15.9 Å². The van der Waals surface area contributed by atoms with Crippen LogP contribution in [0, 0.1) is 5.82 Å². The van der Waals surface area contributed by atoms with E-state index >= 15 is 0 Å². The molecule has 0 amide bonds. The van der Waals surface area contributed by atoms with Crippen LogP contribution in [0.1, 0.15) is 41.8 Å². The number of carbonyl (C=O) groups excluding carboxylic acids is 1. The number of halogens is 5. The van der Waals surface area contributed by atoms with Crippen molar-refractivity contribution in [1.29, 1.82) is 0 Å². The molecular formula is C21H20BrF4NO4. The van der Waals surface area contributed by atoms with E-state index in [0.29, 0.717) is 15.6 Å². The van der Waals surface area contributed by atoms with Gasteiger partial charge in [0.15, 0.2) is 5.60 Å². The van der Waals surface area contributed by atoms with Crippen molar-refractivity contribution in [3.05, 3.63) is 57.3 Å². The van der Waals surface area contributed by atoms with Crippen LogP contribution in [0.3, 0.4) is 0 Å². The summed E-state index contributed by atoms with van der Waals surface area (Å²) in [5, 5.41) is 23.3. The fourth-order valence-electron chi connectivity index (χ4n) is 3.69. The lowest BCUT2D eigenvalue weighted by atomic mass is 9.74. The number of rotatable bonds is 6. The molecule has 1 aliphatic rings. The molecule has 5 nitrogen and oxygen atoms in total. The van der Waals surface area contributed by atoms with Crippen molar-refractivity contribution in [2.45, 2.75) is 44.1 Å². The van der Waals surface area contributed by atoms with Gasteiger partial charge in [-0.3, -0.25) is 0 Å². The summed E-state index contributed by atoms with van der Waals surface area (Å²) in [5.41, 5.74) is -3.63. The zero-order chi connectivity index (χ0) is 23.2. The number of aromatic hydroxyl groups is 1. The Morgan fingerprint density at radius 3 is 2.52 bits per heavy atom. The molecule has 1 atom stereocenters. The number of fused-ring (bicyclic) bond motifs is 1. The predicted molar refractivity (Wildman–Crippen MR) is 108 cm³/mol. The summed E-state index contributed by atoms with van der Waals surface area (Å²) < 4.78 is 60.6. The Balaban J connectivity index is 1.88. The number of hydrogen-bond acceptors (Lipinski definition) is 5. The van der Waals surface area contributed by atoms with Crippen LogP contribution in [0.5, 0.6) is 5.75 Å². The van der Waals surface area contributed by atoms with Gasteiger partial charge in [0, 0.05) is 21.3 Å². The molecule has 0 saturated carbocycles. The van der Waals surface area contributed by atoms with Crippen LogP contribution in [-0.2, 0) is 16.8 Å². The third-order valence-electron chi connectivity index (χ3n) is 5.33. The number of hydrogen-bond donors (Lipinski definition) is 3. The highest BCUT2D eigenvalue weighted by Crippen LogP contribution is 2.44. The summed E-state index contributed by atoms with van der Waals surface area (Å²) in [6, 6.07) is 5.84. The third kappa shape index (κ3) is 4.50. The van der Waals surface area contributed by atoms with Gasteiger partial charge in [0.25, 0.3) is 0 Å². The Kier molecular flexibility index (Phi) is 6.01. The fourth-order valence-corrected chi connectivity index (χ4v) is 4.29. The molecule has 2 aromatic carbocycles. The first-order valence-electron chi connectivity index (χ1n) is 9.26. The number of esters is 1. The molecule has 3 N–H and O–H groups in total. The summed E-state index contributed by atoms with van der Waals surface area (Å²) in [5.74, 6) is -1.60. The maximum atomic E-state index is 13.9. The van der Waals surface area contributed by atoms with Gasteiger partial charge in [-0.1, -0.05) is 13.8 Å². The number of aliphatic hydroxyl groups is 1. The molecule has 0 aromatic heterocycles. The van der Waals surface area contributed by atoms with E-state index in [1.807, 2.05) is 0 Å². The standard InChI is InChI=1S/C21H20BrF4NO4/c1-19(2,14-7-11(23)3-6-16(14)28)9-20(30,21(24,25)26)10-27-15-5-4-12-13(17(15)22)8-31-18(12)29/h3-7,27-28,30H,8-10H2,1-2H3. The molecule has 1 aliphatic heterocycles. The minimum absolute atomic E-state index is 0.0142. The van der Waals surface area contributed by atoms with E-state index in [4.69, 9.17) is 4.74 Å². The van der Waals surface area contributed by atoms with Gasteiger partial charge in [-0.2, -0.15) is 13.2 Å². The Morgan fingerprint density at radius 2 is 1.87 bits per heavy atom. The van der Waals surface area contributed by atoms with Gasteiger partial charge >= 0.3 is 12.1 Å². The van der Waals surface area contributed by atoms with Gasteiger partial charge in [0.05, 0.1) is 12.1 Å². The number of nitrogens with one attached hydrogen (secondary N) is 1. The van der Waals surface area contributed by atoms with Crippen LogP contribution in [0.2, 0.25) is 0 Å². The highest BCUT2D eigenvalue weighted by atomic mass is 79.9. The highest BCUT2D eigenvalue weighted by Gasteiger charge is 2.56. The molecule has 0 bridgehead atoms. The SMILES string of the molecule is CC(C)(CC(O)(CNc1ccc2c(c1Br)COC2=O)C(F)(F)F)c1cc(F)ccc1O. The van der Waals surface area contributed by atoms with E-state index in [1.54, 1.807) is 0 Å². The second-order valence-corrected chi connectivity index (χ2v) is 8.93. The van der Waals surface area contributed by atoms with Gasteiger partial charge < -0.3 is 20.3 Å². The topological polar surface area (TPSA) is 78.8 Å². The largest absolute Gasteiger partial charge is 0.508 e. The van der Waals surface area contributed by atoms with Crippen LogP contribution in [0.25, 0.3) is 0 Å². The van der Waals surface area contributed by atoms with Gasteiger partial charge in [-0.05, 0) is 58.1 Å². The van der Waals surface area contributed by atoms with Crippen LogP contribution in [0.15, 0.2) is 34.8 Å². The molecule has 2 aromatic rings. The number of ether oxygens (including phenoxy) is 1. The van der Waals surface area contributed by atoms with E-state index in [9.17, 15) is 32.6 Å². The van der Waals surface area contributed by atoms with Crippen molar-refractivity contribution in [1.82, 2.24) is 0 Å². The lowest BCUT2D eigenvalue weighted by Crippen LogP contribution is -2.53. The van der Waals surface area contributed by atoms with Crippen molar-refractivity contribution in [3.8, 4) is 5.75 Å². The maximum Gasteiger partial charge on any atom is 0.418 e. The lowest BCUT2D eigenvalue weighted by molar-refractivity contribution is -0.260. The summed E-state index contributed by atoms with van der Waals surface area (Å²) in [6.45, 7) is 1.83. The molecule has 3 rings (SSSR count). The Hall–Kier alpha value is -2.33.